The molecule has 0 spiro atoms. The predicted octanol–water partition coefficient (Wildman–Crippen LogP) is 3.06. The Labute approximate surface area is 165 Å². The number of likely N-dealkylation sites (tertiary alicyclic amines) is 1. The zero-order chi connectivity index (χ0) is 20.6. The Bertz CT molecular complexity index is 913. The molecule has 1 fully saturated rings. The lowest BCUT2D eigenvalue weighted by Gasteiger charge is -2.31. The number of amides is 2. The summed E-state index contributed by atoms with van der Waals surface area (Å²) in [7, 11) is 0. The van der Waals surface area contributed by atoms with Crippen LogP contribution < -0.4 is 5.32 Å². The van der Waals surface area contributed by atoms with E-state index < -0.39 is 11.7 Å². The second-order valence-corrected chi connectivity index (χ2v) is 7.43. The third kappa shape index (κ3) is 3.99. The Balaban J connectivity index is 1.40. The molecule has 3 heterocycles. The van der Waals surface area contributed by atoms with Crippen LogP contribution in [0.1, 0.15) is 57.3 Å². The van der Waals surface area contributed by atoms with Gasteiger partial charge in [-0.1, -0.05) is 0 Å². The van der Waals surface area contributed by atoms with E-state index in [0.717, 1.165) is 24.2 Å². The zero-order valence-electron chi connectivity index (χ0n) is 15.7. The molecule has 0 radical (unpaired) electrons. The molecular weight excluding hydrogens is 385 g/mol. The molecule has 0 saturated carbocycles. The second kappa shape index (κ2) is 7.53. The lowest BCUT2D eigenvalue weighted by molar-refractivity contribution is -0.137. The van der Waals surface area contributed by atoms with Gasteiger partial charge in [-0.2, -0.15) is 18.3 Å². The van der Waals surface area contributed by atoms with Gasteiger partial charge >= 0.3 is 6.18 Å². The molecule has 1 aromatic heterocycles. The van der Waals surface area contributed by atoms with Crippen LogP contribution in [-0.4, -0.2) is 46.1 Å². The minimum atomic E-state index is -4.42. The standard InChI is InChI=1S/C20H21F3N4O2/c21-20(22,23)15-4-2-14(3-5-15)19(29)26-10-6-13(7-11-26)16-12-17-18(28)24-8-1-9-27(17)25-16/h2-5,12-13H,1,6-11H2,(H,24,28). The van der Waals surface area contributed by atoms with Gasteiger partial charge in [-0.25, -0.2) is 0 Å². The molecule has 0 bridgehead atoms. The van der Waals surface area contributed by atoms with Gasteiger partial charge in [0.2, 0.25) is 0 Å². The van der Waals surface area contributed by atoms with E-state index in [1.165, 1.54) is 12.1 Å². The van der Waals surface area contributed by atoms with E-state index >= 15 is 0 Å². The Morgan fingerprint density at radius 1 is 1.10 bits per heavy atom. The highest BCUT2D eigenvalue weighted by Gasteiger charge is 2.31. The lowest BCUT2D eigenvalue weighted by atomic mass is 9.93. The molecule has 2 aliphatic rings. The van der Waals surface area contributed by atoms with Crippen molar-refractivity contribution in [2.45, 2.75) is 37.9 Å². The Morgan fingerprint density at radius 3 is 2.45 bits per heavy atom. The summed E-state index contributed by atoms with van der Waals surface area (Å²) in [6.07, 6.45) is -2.19. The Hall–Kier alpha value is -2.84. The van der Waals surface area contributed by atoms with E-state index in [2.05, 4.69) is 10.4 Å². The van der Waals surface area contributed by atoms with Crippen molar-refractivity contribution in [2.24, 2.45) is 0 Å². The Morgan fingerprint density at radius 2 is 1.79 bits per heavy atom. The van der Waals surface area contributed by atoms with E-state index in [4.69, 9.17) is 0 Å². The van der Waals surface area contributed by atoms with Gasteiger partial charge in [-0.15, -0.1) is 0 Å². The average molecular weight is 406 g/mol. The molecule has 6 nitrogen and oxygen atoms in total. The first-order valence-corrected chi connectivity index (χ1v) is 9.65. The van der Waals surface area contributed by atoms with Crippen molar-refractivity contribution in [3.8, 4) is 0 Å². The van der Waals surface area contributed by atoms with Crippen molar-refractivity contribution >= 4 is 11.8 Å². The van der Waals surface area contributed by atoms with Gasteiger partial charge in [0, 0.05) is 37.7 Å². The van der Waals surface area contributed by atoms with Crippen molar-refractivity contribution in [3.05, 3.63) is 52.8 Å². The highest BCUT2D eigenvalue weighted by atomic mass is 19.4. The number of aryl methyl sites for hydroxylation is 1. The quantitative estimate of drug-likeness (QED) is 0.834. The fourth-order valence-corrected chi connectivity index (χ4v) is 3.87. The number of halogens is 3. The maximum Gasteiger partial charge on any atom is 0.416 e. The molecule has 2 aromatic rings. The summed E-state index contributed by atoms with van der Waals surface area (Å²) in [5, 5.41) is 7.44. The summed E-state index contributed by atoms with van der Waals surface area (Å²) in [4.78, 5) is 26.4. The third-order valence-corrected chi connectivity index (χ3v) is 5.52. The lowest BCUT2D eigenvalue weighted by Crippen LogP contribution is -2.38. The molecular formula is C20H21F3N4O2. The normalized spacial score (nSPS) is 18.2. The van der Waals surface area contributed by atoms with Gasteiger partial charge in [0.25, 0.3) is 11.8 Å². The molecule has 154 valence electrons. The van der Waals surface area contributed by atoms with E-state index in [1.807, 2.05) is 6.07 Å². The van der Waals surface area contributed by atoms with Crippen LogP contribution in [0, 0.1) is 0 Å². The number of benzene rings is 1. The first-order valence-electron chi connectivity index (χ1n) is 9.65. The van der Waals surface area contributed by atoms with Crippen molar-refractivity contribution < 1.29 is 22.8 Å². The number of carbonyl (C=O) groups excluding carboxylic acids is 2. The fourth-order valence-electron chi connectivity index (χ4n) is 3.87. The number of rotatable bonds is 2. The minimum Gasteiger partial charge on any atom is -0.351 e. The van der Waals surface area contributed by atoms with Crippen molar-refractivity contribution in [3.63, 3.8) is 0 Å². The number of hydrogen-bond donors (Lipinski definition) is 1. The highest BCUT2D eigenvalue weighted by molar-refractivity contribution is 5.94. The Kier molecular flexibility index (Phi) is 5.06. The second-order valence-electron chi connectivity index (χ2n) is 7.43. The third-order valence-electron chi connectivity index (χ3n) is 5.52. The van der Waals surface area contributed by atoms with Crippen LogP contribution in [0.3, 0.4) is 0 Å². The number of piperidine rings is 1. The van der Waals surface area contributed by atoms with E-state index in [-0.39, 0.29) is 23.3 Å². The average Bonchev–Trinajstić information content (AvgIpc) is 3.07. The molecule has 2 amide bonds. The van der Waals surface area contributed by atoms with Crippen molar-refractivity contribution in [1.82, 2.24) is 20.0 Å². The summed E-state index contributed by atoms with van der Waals surface area (Å²) in [5.41, 5.74) is 0.914. The number of carbonyl (C=O) groups is 2. The summed E-state index contributed by atoms with van der Waals surface area (Å²) in [6.45, 7) is 2.33. The van der Waals surface area contributed by atoms with E-state index in [0.29, 0.717) is 44.7 Å². The molecule has 2 aliphatic heterocycles. The van der Waals surface area contributed by atoms with Crippen LogP contribution in [0.15, 0.2) is 30.3 Å². The predicted molar refractivity (Wildman–Crippen MR) is 98.5 cm³/mol. The van der Waals surface area contributed by atoms with Gasteiger partial charge in [0.1, 0.15) is 5.69 Å². The number of nitrogens with one attached hydrogen (secondary N) is 1. The van der Waals surface area contributed by atoms with E-state index in [9.17, 15) is 22.8 Å². The molecule has 4 rings (SSSR count). The molecule has 0 atom stereocenters. The first-order chi connectivity index (χ1) is 13.8. The number of alkyl halides is 3. The monoisotopic (exact) mass is 406 g/mol. The van der Waals surface area contributed by atoms with Crippen molar-refractivity contribution in [2.75, 3.05) is 19.6 Å². The van der Waals surface area contributed by atoms with Crippen LogP contribution in [0.2, 0.25) is 0 Å². The first kappa shape index (κ1) is 19.5. The highest BCUT2D eigenvalue weighted by Crippen LogP contribution is 2.31. The molecule has 0 aliphatic carbocycles. The molecule has 1 saturated heterocycles. The number of hydrogen-bond acceptors (Lipinski definition) is 3. The largest absolute Gasteiger partial charge is 0.416 e. The molecule has 1 N–H and O–H groups in total. The minimum absolute atomic E-state index is 0.115. The van der Waals surface area contributed by atoms with Gasteiger partial charge in [-0.3, -0.25) is 14.3 Å². The maximum atomic E-state index is 12.7. The number of nitrogens with zero attached hydrogens (tertiary/aromatic N) is 3. The van der Waals surface area contributed by atoms with Crippen LogP contribution in [0.5, 0.6) is 0 Å². The molecule has 0 unspecified atom stereocenters. The number of aromatic nitrogens is 2. The van der Waals surface area contributed by atoms with Crippen LogP contribution in [0.25, 0.3) is 0 Å². The molecule has 9 heteroatoms. The molecule has 1 aromatic carbocycles. The fraction of sp³-hybridized carbons (Fsp3) is 0.450. The maximum absolute atomic E-state index is 12.7. The summed E-state index contributed by atoms with van der Waals surface area (Å²) in [6, 6.07) is 6.15. The van der Waals surface area contributed by atoms with Gasteiger partial charge < -0.3 is 10.2 Å². The zero-order valence-corrected chi connectivity index (χ0v) is 15.7. The van der Waals surface area contributed by atoms with Crippen LogP contribution in [0.4, 0.5) is 13.2 Å². The molecule has 29 heavy (non-hydrogen) atoms. The smallest absolute Gasteiger partial charge is 0.351 e. The van der Waals surface area contributed by atoms with Crippen LogP contribution in [-0.2, 0) is 12.7 Å². The van der Waals surface area contributed by atoms with Crippen LogP contribution >= 0.6 is 0 Å². The summed E-state index contributed by atoms with van der Waals surface area (Å²) in [5.74, 6) is -0.229. The van der Waals surface area contributed by atoms with E-state index in [1.54, 1.807) is 9.58 Å². The summed E-state index contributed by atoms with van der Waals surface area (Å²) < 4.78 is 39.8. The summed E-state index contributed by atoms with van der Waals surface area (Å²) >= 11 is 0. The van der Waals surface area contributed by atoms with Gasteiger partial charge in [0.15, 0.2) is 0 Å². The van der Waals surface area contributed by atoms with Gasteiger partial charge in [-0.05, 0) is 49.6 Å². The van der Waals surface area contributed by atoms with Gasteiger partial charge in [0.05, 0.1) is 11.3 Å². The topological polar surface area (TPSA) is 67.2 Å². The van der Waals surface area contributed by atoms with Crippen molar-refractivity contribution in [1.29, 1.82) is 0 Å². The SMILES string of the molecule is O=C1NCCCn2nc(C3CCN(C(=O)c4ccc(C(F)(F)F)cc4)CC3)cc21. The number of fused-ring (bicyclic) bond motifs is 1.